The van der Waals surface area contributed by atoms with E-state index < -0.39 is 54.2 Å². The third kappa shape index (κ3) is 9.58. The van der Waals surface area contributed by atoms with Crippen LogP contribution >= 0.6 is 0 Å². The Balaban J connectivity index is 2.96. The van der Waals surface area contributed by atoms with Crippen LogP contribution in [-0.2, 0) is 30.4 Å². The topological polar surface area (TPSA) is 222 Å². The van der Waals surface area contributed by atoms with E-state index in [-0.39, 0.29) is 31.4 Å². The lowest BCUT2D eigenvalue weighted by atomic mass is 10.0. The maximum atomic E-state index is 12.7. The molecule has 3 unspecified atom stereocenters. The predicted molar refractivity (Wildman–Crippen MR) is 107 cm³/mol. The van der Waals surface area contributed by atoms with Crippen molar-refractivity contribution in [3.05, 3.63) is 29.8 Å². The van der Waals surface area contributed by atoms with Crippen molar-refractivity contribution in [1.82, 2.24) is 10.6 Å². The number of phenols is 1. The average molecular weight is 438 g/mol. The van der Waals surface area contributed by atoms with Gasteiger partial charge in [0.05, 0.1) is 6.04 Å². The van der Waals surface area contributed by atoms with E-state index >= 15 is 0 Å². The summed E-state index contributed by atoms with van der Waals surface area (Å²) in [5.41, 5.74) is 11.3. The number of aliphatic carboxylic acids is 2. The second-order valence-electron chi connectivity index (χ2n) is 6.88. The largest absolute Gasteiger partial charge is 0.508 e. The van der Waals surface area contributed by atoms with Crippen molar-refractivity contribution in [2.45, 2.75) is 50.2 Å². The number of carbonyl (C=O) groups excluding carboxylic acids is 3. The Morgan fingerprint density at radius 3 is 1.97 bits per heavy atom. The first-order chi connectivity index (χ1) is 14.5. The normalized spacial score (nSPS) is 13.5. The SMILES string of the molecule is NC(=O)CCC(N)C(=O)NC(Cc1ccc(O)cc1)C(=O)NC(CCC(=O)O)C(=O)O. The van der Waals surface area contributed by atoms with Crippen LogP contribution in [0.15, 0.2) is 24.3 Å². The molecule has 0 saturated heterocycles. The number of hydrogen-bond acceptors (Lipinski definition) is 7. The third-order valence-electron chi connectivity index (χ3n) is 4.31. The Hall–Kier alpha value is -3.67. The molecule has 1 rings (SSSR count). The highest BCUT2D eigenvalue weighted by molar-refractivity contribution is 5.92. The summed E-state index contributed by atoms with van der Waals surface area (Å²) < 4.78 is 0. The molecule has 1 aromatic carbocycles. The molecule has 0 spiro atoms. The van der Waals surface area contributed by atoms with E-state index in [1.807, 2.05) is 0 Å². The Bertz CT molecular complexity index is 812. The van der Waals surface area contributed by atoms with Crippen LogP contribution in [0.5, 0.6) is 5.75 Å². The first-order valence-electron chi connectivity index (χ1n) is 9.36. The molecule has 0 saturated carbocycles. The van der Waals surface area contributed by atoms with E-state index in [1.165, 1.54) is 24.3 Å². The average Bonchev–Trinajstić information content (AvgIpc) is 2.69. The summed E-state index contributed by atoms with van der Waals surface area (Å²) in [6.45, 7) is 0. The van der Waals surface area contributed by atoms with Crippen LogP contribution < -0.4 is 22.1 Å². The monoisotopic (exact) mass is 438 g/mol. The van der Waals surface area contributed by atoms with Crippen molar-refractivity contribution in [2.24, 2.45) is 11.5 Å². The number of rotatable bonds is 13. The molecule has 3 amide bonds. The fourth-order valence-corrected chi connectivity index (χ4v) is 2.58. The Kier molecular flexibility index (Phi) is 9.92. The van der Waals surface area contributed by atoms with E-state index in [1.54, 1.807) is 0 Å². The number of carboxylic acid groups (broad SMARTS) is 2. The molecule has 0 fully saturated rings. The molecule has 0 heterocycles. The number of nitrogens with one attached hydrogen (secondary N) is 2. The number of amides is 3. The summed E-state index contributed by atoms with van der Waals surface area (Å²) in [6, 6.07) is 1.90. The zero-order valence-electron chi connectivity index (χ0n) is 16.6. The van der Waals surface area contributed by atoms with E-state index in [4.69, 9.17) is 16.6 Å². The summed E-state index contributed by atoms with van der Waals surface area (Å²) in [5, 5.41) is 32.0. The molecule has 170 valence electrons. The maximum Gasteiger partial charge on any atom is 0.326 e. The molecular formula is C19H26N4O8. The number of benzene rings is 1. The maximum absolute atomic E-state index is 12.7. The van der Waals surface area contributed by atoms with Crippen molar-refractivity contribution >= 4 is 29.7 Å². The first-order valence-corrected chi connectivity index (χ1v) is 9.36. The summed E-state index contributed by atoms with van der Waals surface area (Å²) in [5.74, 6) is -4.93. The van der Waals surface area contributed by atoms with Crippen molar-refractivity contribution in [3.8, 4) is 5.75 Å². The molecule has 12 heteroatoms. The van der Waals surface area contributed by atoms with Crippen LogP contribution in [0.2, 0.25) is 0 Å². The van der Waals surface area contributed by atoms with Crippen molar-refractivity contribution < 1.29 is 39.3 Å². The Labute approximate surface area is 177 Å². The van der Waals surface area contributed by atoms with E-state index in [2.05, 4.69) is 10.6 Å². The van der Waals surface area contributed by atoms with Gasteiger partial charge in [-0.1, -0.05) is 12.1 Å². The van der Waals surface area contributed by atoms with E-state index in [9.17, 15) is 34.2 Å². The lowest BCUT2D eigenvalue weighted by molar-refractivity contribution is -0.143. The molecule has 0 aliphatic carbocycles. The minimum absolute atomic E-state index is 0.0122. The highest BCUT2D eigenvalue weighted by Crippen LogP contribution is 2.12. The Morgan fingerprint density at radius 1 is 0.871 bits per heavy atom. The quantitative estimate of drug-likeness (QED) is 0.189. The second kappa shape index (κ2) is 12.1. The molecule has 0 aliphatic rings. The van der Waals surface area contributed by atoms with Crippen LogP contribution in [0.1, 0.15) is 31.2 Å². The lowest BCUT2D eigenvalue weighted by Crippen LogP contribution is -2.55. The van der Waals surface area contributed by atoms with E-state index in [0.717, 1.165) is 0 Å². The van der Waals surface area contributed by atoms with Gasteiger partial charge in [0.2, 0.25) is 17.7 Å². The number of phenolic OH excluding ortho intramolecular Hbond substituents is 1. The molecule has 1 aromatic rings. The molecular weight excluding hydrogens is 412 g/mol. The standard InChI is InChI=1S/C19H26N4O8/c20-12(5-7-15(21)25)17(28)23-14(9-10-1-3-11(24)4-2-10)18(29)22-13(19(30)31)6-8-16(26)27/h1-4,12-14,24H,5-9,20H2,(H2,21,25)(H,22,29)(H,23,28)(H,26,27)(H,30,31). The molecule has 0 bridgehead atoms. The third-order valence-corrected chi connectivity index (χ3v) is 4.31. The molecule has 0 aromatic heterocycles. The van der Waals surface area contributed by atoms with Gasteiger partial charge in [-0.15, -0.1) is 0 Å². The van der Waals surface area contributed by atoms with Gasteiger partial charge in [0, 0.05) is 19.3 Å². The van der Waals surface area contributed by atoms with Gasteiger partial charge in [0.25, 0.3) is 0 Å². The van der Waals surface area contributed by atoms with Gasteiger partial charge in [-0.3, -0.25) is 19.2 Å². The van der Waals surface area contributed by atoms with Gasteiger partial charge in [-0.2, -0.15) is 0 Å². The zero-order valence-corrected chi connectivity index (χ0v) is 16.6. The van der Waals surface area contributed by atoms with Gasteiger partial charge in [0.15, 0.2) is 0 Å². The summed E-state index contributed by atoms with van der Waals surface area (Å²) >= 11 is 0. The molecule has 12 nitrogen and oxygen atoms in total. The number of nitrogens with two attached hydrogens (primary N) is 2. The molecule has 0 radical (unpaired) electrons. The predicted octanol–water partition coefficient (Wildman–Crippen LogP) is -1.55. The lowest BCUT2D eigenvalue weighted by Gasteiger charge is -2.23. The molecule has 3 atom stereocenters. The van der Waals surface area contributed by atoms with E-state index in [0.29, 0.717) is 5.56 Å². The number of carbonyl (C=O) groups is 5. The summed E-state index contributed by atoms with van der Waals surface area (Å²) in [6.07, 6.45) is -1.09. The fourth-order valence-electron chi connectivity index (χ4n) is 2.58. The van der Waals surface area contributed by atoms with Gasteiger partial charge >= 0.3 is 11.9 Å². The van der Waals surface area contributed by atoms with Crippen LogP contribution in [0.4, 0.5) is 0 Å². The molecule has 0 aliphatic heterocycles. The van der Waals surface area contributed by atoms with Gasteiger partial charge in [-0.05, 0) is 30.5 Å². The zero-order chi connectivity index (χ0) is 23.6. The highest BCUT2D eigenvalue weighted by atomic mass is 16.4. The fraction of sp³-hybridized carbons (Fsp3) is 0.421. The van der Waals surface area contributed by atoms with Gasteiger partial charge in [-0.25, -0.2) is 4.79 Å². The number of aromatic hydroxyl groups is 1. The summed E-state index contributed by atoms with van der Waals surface area (Å²) in [4.78, 5) is 58.0. The Morgan fingerprint density at radius 2 is 1.45 bits per heavy atom. The van der Waals surface area contributed by atoms with Crippen LogP contribution in [0, 0.1) is 0 Å². The molecule has 9 N–H and O–H groups in total. The van der Waals surface area contributed by atoms with Crippen LogP contribution in [-0.4, -0.2) is 63.1 Å². The number of primary amides is 1. The summed E-state index contributed by atoms with van der Waals surface area (Å²) in [7, 11) is 0. The highest BCUT2D eigenvalue weighted by Gasteiger charge is 2.28. The number of carboxylic acids is 2. The van der Waals surface area contributed by atoms with Crippen molar-refractivity contribution in [2.75, 3.05) is 0 Å². The van der Waals surface area contributed by atoms with Gasteiger partial charge in [0.1, 0.15) is 17.8 Å². The molecule has 31 heavy (non-hydrogen) atoms. The minimum Gasteiger partial charge on any atom is -0.508 e. The van der Waals surface area contributed by atoms with Gasteiger partial charge < -0.3 is 37.4 Å². The smallest absolute Gasteiger partial charge is 0.326 e. The second-order valence-corrected chi connectivity index (χ2v) is 6.88. The van der Waals surface area contributed by atoms with Crippen molar-refractivity contribution in [1.29, 1.82) is 0 Å². The van der Waals surface area contributed by atoms with Crippen molar-refractivity contribution in [3.63, 3.8) is 0 Å². The number of hydrogen-bond donors (Lipinski definition) is 7. The van der Waals surface area contributed by atoms with Crippen LogP contribution in [0.25, 0.3) is 0 Å². The minimum atomic E-state index is -1.48. The van der Waals surface area contributed by atoms with Crippen LogP contribution in [0.3, 0.4) is 0 Å². The first kappa shape index (κ1) is 25.4.